The van der Waals surface area contributed by atoms with Crippen LogP contribution < -0.4 is 5.32 Å². The minimum Gasteiger partial charge on any atom is -0.467 e. The third-order valence-corrected chi connectivity index (χ3v) is 7.23. The summed E-state index contributed by atoms with van der Waals surface area (Å²) in [6.07, 6.45) is 2.79. The van der Waals surface area contributed by atoms with Gasteiger partial charge in [0.05, 0.1) is 18.6 Å². The number of sulfonamides is 1. The van der Waals surface area contributed by atoms with Crippen LogP contribution in [0.1, 0.15) is 46.3 Å². The quantitative estimate of drug-likeness (QED) is 0.580. The highest BCUT2D eigenvalue weighted by atomic mass is 32.2. The van der Waals surface area contributed by atoms with Gasteiger partial charge in [-0.15, -0.1) is 0 Å². The van der Waals surface area contributed by atoms with Crippen molar-refractivity contribution in [3.8, 4) is 0 Å². The van der Waals surface area contributed by atoms with Gasteiger partial charge >= 0.3 is 0 Å². The summed E-state index contributed by atoms with van der Waals surface area (Å²) < 4.78 is 45.1. The van der Waals surface area contributed by atoms with Crippen LogP contribution in [-0.2, 0) is 22.3 Å². The fourth-order valence-electron chi connectivity index (χ4n) is 3.66. The number of halogens is 1. The normalized spacial score (nSPS) is 15.8. The molecule has 0 bridgehead atoms. The number of carbonyl (C=O) groups excluding carboxylic acids is 1. The van der Waals surface area contributed by atoms with Gasteiger partial charge in [0.25, 0.3) is 5.91 Å². The number of furan rings is 1. The number of hydrogen-bond acceptors (Lipinski definition) is 5. The molecule has 0 saturated carbocycles. The molecule has 1 saturated heterocycles. The number of piperidine rings is 1. The monoisotopic (exact) mass is 446 g/mol. The van der Waals surface area contributed by atoms with Gasteiger partial charge in [0.15, 0.2) is 0 Å². The van der Waals surface area contributed by atoms with Crippen LogP contribution in [-0.4, -0.2) is 41.9 Å². The van der Waals surface area contributed by atoms with Crippen molar-refractivity contribution in [3.05, 3.63) is 77.3 Å². The smallest absolute Gasteiger partial charge is 0.272 e. The molecule has 3 aromatic rings. The molecule has 3 heterocycles. The van der Waals surface area contributed by atoms with E-state index in [1.165, 1.54) is 28.6 Å². The molecule has 8 nitrogen and oxygen atoms in total. The zero-order chi connectivity index (χ0) is 21.8. The van der Waals surface area contributed by atoms with E-state index in [2.05, 4.69) is 15.5 Å². The van der Waals surface area contributed by atoms with Gasteiger partial charge in [-0.3, -0.25) is 9.89 Å². The predicted molar refractivity (Wildman–Crippen MR) is 111 cm³/mol. The lowest BCUT2D eigenvalue weighted by Gasteiger charge is -2.30. The molecule has 31 heavy (non-hydrogen) atoms. The van der Waals surface area contributed by atoms with E-state index in [1.54, 1.807) is 24.5 Å². The minimum absolute atomic E-state index is 0.0939. The molecular formula is C21H23FN4O4S. The van der Waals surface area contributed by atoms with Gasteiger partial charge < -0.3 is 9.73 Å². The number of amides is 1. The zero-order valence-electron chi connectivity index (χ0n) is 16.8. The van der Waals surface area contributed by atoms with Gasteiger partial charge in [-0.05, 0) is 48.7 Å². The van der Waals surface area contributed by atoms with E-state index < -0.39 is 15.8 Å². The van der Waals surface area contributed by atoms with Crippen LogP contribution in [0.15, 0.2) is 53.1 Å². The second-order valence-corrected chi connectivity index (χ2v) is 9.50. The fraction of sp³-hybridized carbons (Fsp3) is 0.333. The Kier molecular flexibility index (Phi) is 6.19. The summed E-state index contributed by atoms with van der Waals surface area (Å²) in [5.74, 6) is -0.106. The zero-order valence-corrected chi connectivity index (χ0v) is 17.6. The van der Waals surface area contributed by atoms with Crippen LogP contribution in [0.5, 0.6) is 0 Å². The van der Waals surface area contributed by atoms with E-state index in [-0.39, 0.29) is 29.8 Å². The van der Waals surface area contributed by atoms with E-state index in [1.807, 2.05) is 0 Å². The van der Waals surface area contributed by atoms with Gasteiger partial charge in [0.1, 0.15) is 17.3 Å². The maximum Gasteiger partial charge on any atom is 0.272 e. The third kappa shape index (κ3) is 5.20. The van der Waals surface area contributed by atoms with Crippen molar-refractivity contribution in [2.24, 2.45) is 0 Å². The van der Waals surface area contributed by atoms with E-state index in [0.29, 0.717) is 37.3 Å². The average molecular weight is 447 g/mol. The van der Waals surface area contributed by atoms with E-state index in [0.717, 1.165) is 5.69 Å². The van der Waals surface area contributed by atoms with E-state index in [4.69, 9.17) is 4.42 Å². The van der Waals surface area contributed by atoms with Gasteiger partial charge in [0.2, 0.25) is 10.0 Å². The SMILES string of the molecule is O=C(NCc1ccco1)c1cc(C2CCN(S(=O)(=O)Cc3ccc(F)cc3)CC2)[nH]n1. The lowest BCUT2D eigenvalue weighted by atomic mass is 9.94. The van der Waals surface area contributed by atoms with Crippen molar-refractivity contribution in [2.45, 2.75) is 31.1 Å². The second-order valence-electron chi connectivity index (χ2n) is 7.53. The number of nitrogens with zero attached hydrogens (tertiary/aromatic N) is 2. The molecule has 1 aliphatic rings. The third-order valence-electron chi connectivity index (χ3n) is 5.38. The largest absolute Gasteiger partial charge is 0.467 e. The lowest BCUT2D eigenvalue weighted by Crippen LogP contribution is -2.38. The molecule has 0 radical (unpaired) electrons. The molecule has 4 rings (SSSR count). The summed E-state index contributed by atoms with van der Waals surface area (Å²) in [6, 6.07) is 10.7. The van der Waals surface area contributed by atoms with Crippen LogP contribution in [0.4, 0.5) is 4.39 Å². The Morgan fingerprint density at radius 1 is 1.23 bits per heavy atom. The Morgan fingerprint density at radius 3 is 2.65 bits per heavy atom. The van der Waals surface area contributed by atoms with Gasteiger partial charge in [-0.25, -0.2) is 17.1 Å². The highest BCUT2D eigenvalue weighted by molar-refractivity contribution is 7.88. The summed E-state index contributed by atoms with van der Waals surface area (Å²) in [5, 5.41) is 9.75. The summed E-state index contributed by atoms with van der Waals surface area (Å²) in [5.41, 5.74) is 1.66. The Labute approximate surface area is 179 Å². The molecule has 0 unspecified atom stereocenters. The van der Waals surface area contributed by atoms with Crippen LogP contribution in [0, 0.1) is 5.82 Å². The molecule has 0 spiro atoms. The number of rotatable bonds is 7. The Morgan fingerprint density at radius 2 is 1.97 bits per heavy atom. The Hall–Kier alpha value is -2.98. The van der Waals surface area contributed by atoms with Gasteiger partial charge in [-0.2, -0.15) is 5.10 Å². The number of hydrogen-bond donors (Lipinski definition) is 2. The van der Waals surface area contributed by atoms with Crippen LogP contribution in [0.25, 0.3) is 0 Å². The van der Waals surface area contributed by atoms with Gasteiger partial charge in [0, 0.05) is 24.7 Å². The molecule has 164 valence electrons. The van der Waals surface area contributed by atoms with Crippen molar-refractivity contribution in [1.82, 2.24) is 19.8 Å². The van der Waals surface area contributed by atoms with E-state index in [9.17, 15) is 17.6 Å². The number of aromatic nitrogens is 2. The summed E-state index contributed by atoms with van der Waals surface area (Å²) in [6.45, 7) is 1.04. The summed E-state index contributed by atoms with van der Waals surface area (Å²) in [4.78, 5) is 12.3. The number of aromatic amines is 1. The van der Waals surface area contributed by atoms with Crippen molar-refractivity contribution < 1.29 is 22.0 Å². The summed E-state index contributed by atoms with van der Waals surface area (Å²) in [7, 11) is -3.48. The fourth-order valence-corrected chi connectivity index (χ4v) is 5.22. The first-order valence-corrected chi connectivity index (χ1v) is 11.6. The maximum absolute atomic E-state index is 13.0. The van der Waals surface area contributed by atoms with Crippen LogP contribution >= 0.6 is 0 Å². The molecule has 0 atom stereocenters. The highest BCUT2D eigenvalue weighted by Gasteiger charge is 2.30. The van der Waals surface area contributed by atoms with Crippen LogP contribution in [0.2, 0.25) is 0 Å². The highest BCUT2D eigenvalue weighted by Crippen LogP contribution is 2.29. The number of carbonyl (C=O) groups is 1. The van der Waals surface area contributed by atoms with Crippen molar-refractivity contribution in [1.29, 1.82) is 0 Å². The first kappa shape index (κ1) is 21.3. The Bertz CT molecular complexity index is 1120. The minimum atomic E-state index is -3.48. The average Bonchev–Trinajstić information content (AvgIpc) is 3.46. The molecule has 2 N–H and O–H groups in total. The summed E-state index contributed by atoms with van der Waals surface area (Å²) >= 11 is 0. The number of nitrogens with one attached hydrogen (secondary N) is 2. The number of H-pyrrole nitrogens is 1. The molecule has 2 aromatic heterocycles. The predicted octanol–water partition coefficient (Wildman–Crippen LogP) is 2.78. The van der Waals surface area contributed by atoms with Crippen LogP contribution in [0.3, 0.4) is 0 Å². The first-order valence-electron chi connectivity index (χ1n) is 9.99. The molecule has 1 aliphatic heterocycles. The molecule has 1 amide bonds. The topological polar surface area (TPSA) is 108 Å². The first-order chi connectivity index (χ1) is 14.9. The van der Waals surface area contributed by atoms with Crippen molar-refractivity contribution in [2.75, 3.05) is 13.1 Å². The molecule has 1 aromatic carbocycles. The van der Waals surface area contributed by atoms with E-state index >= 15 is 0 Å². The standard InChI is InChI=1S/C21H23FN4O4S/c22-17-5-3-15(4-6-17)14-31(28,29)26-9-7-16(8-10-26)19-12-20(25-24-19)21(27)23-13-18-2-1-11-30-18/h1-6,11-12,16H,7-10,13-14H2,(H,23,27)(H,24,25). The Balaban J connectivity index is 1.31. The lowest BCUT2D eigenvalue weighted by molar-refractivity contribution is 0.0943. The van der Waals surface area contributed by atoms with Gasteiger partial charge in [-0.1, -0.05) is 12.1 Å². The second kappa shape index (κ2) is 9.03. The molecule has 1 fully saturated rings. The van der Waals surface area contributed by atoms with Crippen molar-refractivity contribution in [3.63, 3.8) is 0 Å². The molecule has 10 heteroatoms. The number of benzene rings is 1. The van der Waals surface area contributed by atoms with Crippen molar-refractivity contribution >= 4 is 15.9 Å². The molecule has 0 aliphatic carbocycles. The maximum atomic E-state index is 13.0. The molecular weight excluding hydrogens is 423 g/mol.